The first-order valence-electron chi connectivity index (χ1n) is 5.59. The second kappa shape index (κ2) is 4.56. The van der Waals surface area contributed by atoms with Crippen molar-refractivity contribution in [1.29, 1.82) is 0 Å². The molecule has 0 spiro atoms. The zero-order chi connectivity index (χ0) is 13.3. The molecule has 0 atom stereocenters. The second-order valence-corrected chi connectivity index (χ2v) is 4.22. The van der Waals surface area contributed by atoms with Crippen LogP contribution in [0.1, 0.15) is 33.3 Å². The molecule has 6 heteroatoms. The number of hydrogen-bond donors (Lipinski definition) is 1. The topological polar surface area (TPSA) is 86.7 Å². The van der Waals surface area contributed by atoms with E-state index in [1.165, 1.54) is 6.20 Å². The number of hydrogen-bond acceptors (Lipinski definition) is 4. The molecule has 0 radical (unpaired) electrons. The average Bonchev–Trinajstić information content (AvgIpc) is 2.57. The number of carbonyl (C=O) groups is 1. The van der Waals surface area contributed by atoms with Crippen molar-refractivity contribution in [3.8, 4) is 0 Å². The Labute approximate surface area is 105 Å². The van der Waals surface area contributed by atoms with Gasteiger partial charge in [0.1, 0.15) is 5.82 Å². The van der Waals surface area contributed by atoms with Crippen LogP contribution in [0.5, 0.6) is 0 Å². The van der Waals surface area contributed by atoms with E-state index in [1.54, 1.807) is 11.6 Å². The average molecular weight is 245 g/mol. The number of amides is 1. The molecule has 0 aliphatic heterocycles. The van der Waals surface area contributed by atoms with Crippen LogP contribution in [0.25, 0.3) is 0 Å². The molecule has 0 aromatic carbocycles. The van der Waals surface area contributed by atoms with Gasteiger partial charge in [-0.2, -0.15) is 5.10 Å². The normalized spacial score (nSPS) is 10.6. The van der Waals surface area contributed by atoms with Gasteiger partial charge in [0.15, 0.2) is 0 Å². The maximum Gasteiger partial charge on any atom is 0.252 e. The molecule has 18 heavy (non-hydrogen) atoms. The summed E-state index contributed by atoms with van der Waals surface area (Å²) in [5, 5.41) is 4.34. The third kappa shape index (κ3) is 2.37. The van der Waals surface area contributed by atoms with Gasteiger partial charge >= 0.3 is 0 Å². The lowest BCUT2D eigenvalue weighted by Crippen LogP contribution is -2.16. The Bertz CT molecular complexity index is 583. The van der Waals surface area contributed by atoms with E-state index < -0.39 is 5.91 Å². The molecule has 0 saturated carbocycles. The molecule has 1 amide bonds. The maximum absolute atomic E-state index is 11.3. The van der Waals surface area contributed by atoms with Gasteiger partial charge in [0.05, 0.1) is 17.0 Å². The molecule has 0 bridgehead atoms. The largest absolute Gasteiger partial charge is 0.365 e. The molecule has 0 fully saturated rings. The van der Waals surface area contributed by atoms with Gasteiger partial charge in [-0.1, -0.05) is 0 Å². The number of aromatic nitrogens is 4. The first kappa shape index (κ1) is 12.2. The Kier molecular flexibility index (Phi) is 3.10. The van der Waals surface area contributed by atoms with Gasteiger partial charge < -0.3 is 5.73 Å². The summed E-state index contributed by atoms with van der Waals surface area (Å²) < 4.78 is 1.79. The van der Waals surface area contributed by atoms with E-state index in [0.717, 1.165) is 11.4 Å². The summed E-state index contributed by atoms with van der Waals surface area (Å²) in [6.07, 6.45) is 1.94. The Balaban J connectivity index is 2.38. The van der Waals surface area contributed by atoms with E-state index in [-0.39, 0.29) is 0 Å². The van der Waals surface area contributed by atoms with Crippen molar-refractivity contribution < 1.29 is 4.79 Å². The van der Waals surface area contributed by atoms with Crippen molar-refractivity contribution in [2.24, 2.45) is 12.8 Å². The lowest BCUT2D eigenvalue weighted by molar-refractivity contribution is 0.0998. The number of primary amides is 1. The fourth-order valence-corrected chi connectivity index (χ4v) is 1.75. The summed E-state index contributed by atoms with van der Waals surface area (Å²) >= 11 is 0. The molecule has 0 unspecified atom stereocenters. The number of rotatable bonds is 3. The highest BCUT2D eigenvalue weighted by molar-refractivity contribution is 5.93. The molecule has 2 rings (SSSR count). The van der Waals surface area contributed by atoms with E-state index in [4.69, 9.17) is 5.73 Å². The van der Waals surface area contributed by atoms with Gasteiger partial charge in [0.2, 0.25) is 0 Å². The van der Waals surface area contributed by atoms with E-state index >= 15 is 0 Å². The minimum absolute atomic E-state index is 0.351. The van der Waals surface area contributed by atoms with Crippen molar-refractivity contribution in [1.82, 2.24) is 19.7 Å². The highest BCUT2D eigenvalue weighted by Crippen LogP contribution is 2.11. The molecule has 0 aliphatic carbocycles. The fourth-order valence-electron chi connectivity index (χ4n) is 1.75. The van der Waals surface area contributed by atoms with E-state index in [9.17, 15) is 4.79 Å². The van der Waals surface area contributed by atoms with Crippen LogP contribution < -0.4 is 5.73 Å². The van der Waals surface area contributed by atoms with Crippen LogP contribution in [0.3, 0.4) is 0 Å². The quantitative estimate of drug-likeness (QED) is 0.853. The van der Waals surface area contributed by atoms with Crippen molar-refractivity contribution in [2.75, 3.05) is 0 Å². The Morgan fingerprint density at radius 3 is 2.72 bits per heavy atom. The highest BCUT2D eigenvalue weighted by Gasteiger charge is 2.13. The van der Waals surface area contributed by atoms with Crippen LogP contribution in [-0.2, 0) is 13.5 Å². The smallest absolute Gasteiger partial charge is 0.252 e. The third-order valence-corrected chi connectivity index (χ3v) is 2.77. The minimum atomic E-state index is -0.516. The van der Waals surface area contributed by atoms with Crippen molar-refractivity contribution in [3.63, 3.8) is 0 Å². The van der Waals surface area contributed by atoms with Gasteiger partial charge in [0.25, 0.3) is 5.91 Å². The monoisotopic (exact) mass is 245 g/mol. The van der Waals surface area contributed by atoms with Gasteiger partial charge in [-0.15, -0.1) is 0 Å². The Hall–Kier alpha value is -2.24. The standard InChI is InChI=1S/C12H15N5O/c1-7-4-9(16-17(7)3)5-11-10(12(13)18)6-14-8(2)15-11/h4,6H,5H2,1-3H3,(H2,13,18). The number of nitrogens with two attached hydrogens (primary N) is 1. The van der Waals surface area contributed by atoms with Crippen molar-refractivity contribution in [2.45, 2.75) is 20.3 Å². The van der Waals surface area contributed by atoms with E-state index in [2.05, 4.69) is 15.1 Å². The van der Waals surface area contributed by atoms with Gasteiger partial charge in [-0.3, -0.25) is 9.48 Å². The minimum Gasteiger partial charge on any atom is -0.365 e. The summed E-state index contributed by atoms with van der Waals surface area (Å²) in [5.74, 6) is 0.0975. The van der Waals surface area contributed by atoms with Crippen LogP contribution in [0.4, 0.5) is 0 Å². The zero-order valence-corrected chi connectivity index (χ0v) is 10.6. The zero-order valence-electron chi connectivity index (χ0n) is 10.6. The third-order valence-electron chi connectivity index (χ3n) is 2.77. The van der Waals surface area contributed by atoms with E-state index in [1.807, 2.05) is 20.0 Å². The molecule has 0 aliphatic rings. The molecule has 6 nitrogen and oxygen atoms in total. The Morgan fingerprint density at radius 1 is 1.44 bits per heavy atom. The number of carbonyl (C=O) groups excluding carboxylic acids is 1. The van der Waals surface area contributed by atoms with Crippen LogP contribution in [-0.4, -0.2) is 25.7 Å². The molecular formula is C12H15N5O. The summed E-state index contributed by atoms with van der Waals surface area (Å²) in [6.45, 7) is 3.74. The SMILES string of the molecule is Cc1ncc(C(N)=O)c(Cc2cc(C)n(C)n2)n1. The molecule has 0 saturated heterocycles. The molecular weight excluding hydrogens is 230 g/mol. The molecule has 2 aromatic heterocycles. The van der Waals surface area contributed by atoms with E-state index in [0.29, 0.717) is 23.5 Å². The summed E-state index contributed by atoms with van der Waals surface area (Å²) in [4.78, 5) is 19.6. The molecule has 94 valence electrons. The second-order valence-electron chi connectivity index (χ2n) is 4.22. The van der Waals surface area contributed by atoms with Crippen LogP contribution >= 0.6 is 0 Å². The highest BCUT2D eigenvalue weighted by atomic mass is 16.1. The number of nitrogens with zero attached hydrogens (tertiary/aromatic N) is 4. The summed E-state index contributed by atoms with van der Waals surface area (Å²) in [6, 6.07) is 1.96. The summed E-state index contributed by atoms with van der Waals surface area (Å²) in [7, 11) is 1.87. The lowest BCUT2D eigenvalue weighted by Gasteiger charge is -2.04. The molecule has 2 N–H and O–H groups in total. The predicted octanol–water partition coefficient (Wildman–Crippen LogP) is 0.517. The van der Waals surface area contributed by atoms with Crippen LogP contribution in [0, 0.1) is 13.8 Å². The maximum atomic E-state index is 11.3. The fraction of sp³-hybridized carbons (Fsp3) is 0.333. The Morgan fingerprint density at radius 2 is 2.17 bits per heavy atom. The summed E-state index contributed by atoms with van der Waals surface area (Å²) in [5.41, 5.74) is 8.19. The first-order chi connectivity index (χ1) is 8.47. The lowest BCUT2D eigenvalue weighted by atomic mass is 10.1. The molecule has 2 aromatic rings. The van der Waals surface area contributed by atoms with Crippen LogP contribution in [0.15, 0.2) is 12.3 Å². The molecule has 2 heterocycles. The first-order valence-corrected chi connectivity index (χ1v) is 5.59. The van der Waals surface area contributed by atoms with Crippen molar-refractivity contribution in [3.05, 3.63) is 40.7 Å². The van der Waals surface area contributed by atoms with Crippen molar-refractivity contribution >= 4 is 5.91 Å². The van der Waals surface area contributed by atoms with Gasteiger partial charge in [-0.05, 0) is 19.9 Å². The van der Waals surface area contributed by atoms with Gasteiger partial charge in [-0.25, -0.2) is 9.97 Å². The van der Waals surface area contributed by atoms with Gasteiger partial charge in [0, 0.05) is 25.4 Å². The predicted molar refractivity (Wildman–Crippen MR) is 66.0 cm³/mol. The van der Waals surface area contributed by atoms with Crippen LogP contribution in [0.2, 0.25) is 0 Å². The number of aryl methyl sites for hydroxylation is 3.